The lowest BCUT2D eigenvalue weighted by Gasteiger charge is -2.18. The number of carboxylic acids is 1. The van der Waals surface area contributed by atoms with Gasteiger partial charge in [-0.3, -0.25) is 4.79 Å². The Kier molecular flexibility index (Phi) is 6.81. The van der Waals surface area contributed by atoms with Crippen LogP contribution in [0.15, 0.2) is 48.5 Å². The number of carbonyl (C=O) groups is 1. The maximum Gasteiger partial charge on any atom is 0.323 e. The van der Waals surface area contributed by atoms with Crippen molar-refractivity contribution >= 4 is 27.8 Å². The van der Waals surface area contributed by atoms with Gasteiger partial charge in [0.1, 0.15) is 6.54 Å². The summed E-state index contributed by atoms with van der Waals surface area (Å²) in [6, 6.07) is 15.8. The van der Waals surface area contributed by atoms with Crippen molar-refractivity contribution in [3.63, 3.8) is 0 Å². The van der Waals surface area contributed by atoms with Crippen LogP contribution in [-0.4, -0.2) is 27.9 Å². The summed E-state index contributed by atoms with van der Waals surface area (Å²) in [6.45, 7) is 9.33. The van der Waals surface area contributed by atoms with E-state index in [4.69, 9.17) is 9.84 Å². The van der Waals surface area contributed by atoms with Crippen molar-refractivity contribution in [2.24, 2.45) is 0 Å². The quantitative estimate of drug-likeness (QED) is 0.617. The van der Waals surface area contributed by atoms with E-state index in [9.17, 15) is 4.79 Å². The average molecular weight is 355 g/mol. The molecular weight excluding hydrogens is 326 g/mol. The summed E-state index contributed by atoms with van der Waals surface area (Å²) in [4.78, 5) is 10.9. The monoisotopic (exact) mass is 355 g/mol. The molecule has 3 aromatic rings. The smallest absolute Gasteiger partial charge is 0.323 e. The molecule has 26 heavy (non-hydrogen) atoms. The molecule has 0 unspecified atom stereocenters. The number of fused-ring (bicyclic) bond motifs is 3. The molecule has 0 aliphatic rings. The Balaban J connectivity index is 0.000000232. The molecule has 4 nitrogen and oxygen atoms in total. The normalized spacial score (nSPS) is 11.4. The second-order valence-electron chi connectivity index (χ2n) is 7.33. The fourth-order valence-corrected chi connectivity index (χ4v) is 2.83. The minimum atomic E-state index is -0.823. The van der Waals surface area contributed by atoms with E-state index in [1.165, 1.54) is 12.8 Å². The van der Waals surface area contributed by atoms with Gasteiger partial charge in [-0.1, -0.05) is 49.7 Å². The van der Waals surface area contributed by atoms with Crippen molar-refractivity contribution in [3.8, 4) is 0 Å². The lowest BCUT2D eigenvalue weighted by atomic mass is 10.2. The first-order chi connectivity index (χ1) is 12.3. The number of hydrogen-bond acceptors (Lipinski definition) is 2. The van der Waals surface area contributed by atoms with Gasteiger partial charge in [-0.15, -0.1) is 0 Å². The van der Waals surface area contributed by atoms with E-state index in [-0.39, 0.29) is 12.1 Å². The molecule has 0 saturated carbocycles. The summed E-state index contributed by atoms with van der Waals surface area (Å²) < 4.78 is 7.31. The molecule has 0 bridgehead atoms. The summed E-state index contributed by atoms with van der Waals surface area (Å²) in [5.74, 6) is -0.823. The topological polar surface area (TPSA) is 51.5 Å². The molecule has 0 fully saturated rings. The summed E-state index contributed by atoms with van der Waals surface area (Å²) in [5.41, 5.74) is 1.99. The van der Waals surface area contributed by atoms with Crippen molar-refractivity contribution in [3.05, 3.63) is 48.5 Å². The highest BCUT2D eigenvalue weighted by molar-refractivity contribution is 6.08. The molecule has 2 aromatic carbocycles. The number of aromatic nitrogens is 1. The van der Waals surface area contributed by atoms with Crippen LogP contribution in [0.5, 0.6) is 0 Å². The van der Waals surface area contributed by atoms with Gasteiger partial charge in [0.25, 0.3) is 0 Å². The Hall–Kier alpha value is -2.33. The van der Waals surface area contributed by atoms with Crippen LogP contribution in [0.4, 0.5) is 0 Å². The molecule has 0 radical (unpaired) electrons. The zero-order chi connectivity index (χ0) is 19.2. The van der Waals surface area contributed by atoms with Crippen LogP contribution in [0.3, 0.4) is 0 Å². The summed E-state index contributed by atoms with van der Waals surface area (Å²) in [7, 11) is 0. The first-order valence-corrected chi connectivity index (χ1v) is 9.15. The molecule has 0 aliphatic carbocycles. The molecule has 0 aliphatic heterocycles. The van der Waals surface area contributed by atoms with E-state index in [2.05, 4.69) is 27.7 Å². The number of benzene rings is 2. The second-order valence-corrected chi connectivity index (χ2v) is 7.33. The summed E-state index contributed by atoms with van der Waals surface area (Å²) >= 11 is 0. The number of hydrogen-bond donors (Lipinski definition) is 1. The Morgan fingerprint density at radius 3 is 1.92 bits per heavy atom. The van der Waals surface area contributed by atoms with Crippen molar-refractivity contribution < 1.29 is 14.6 Å². The first-order valence-electron chi connectivity index (χ1n) is 9.15. The van der Waals surface area contributed by atoms with Gasteiger partial charge in [0, 0.05) is 28.4 Å². The van der Waals surface area contributed by atoms with Gasteiger partial charge in [0.15, 0.2) is 0 Å². The Bertz CT molecular complexity index is 805. The van der Waals surface area contributed by atoms with Crippen LogP contribution in [0.2, 0.25) is 0 Å². The van der Waals surface area contributed by atoms with Crippen molar-refractivity contribution in [1.29, 1.82) is 0 Å². The Labute approximate surface area is 155 Å². The van der Waals surface area contributed by atoms with E-state index in [0.717, 1.165) is 28.4 Å². The fourth-order valence-electron chi connectivity index (χ4n) is 2.83. The van der Waals surface area contributed by atoms with Crippen LogP contribution < -0.4 is 0 Å². The maximum absolute atomic E-state index is 10.9. The molecule has 140 valence electrons. The lowest BCUT2D eigenvalue weighted by molar-refractivity contribution is -0.137. The fraction of sp³-hybridized carbons (Fsp3) is 0.409. The van der Waals surface area contributed by atoms with Crippen molar-refractivity contribution in [2.45, 2.75) is 52.7 Å². The molecular formula is C22H29NO3. The minimum absolute atomic E-state index is 0.00593. The zero-order valence-electron chi connectivity index (χ0n) is 16.2. The van der Waals surface area contributed by atoms with Crippen LogP contribution >= 0.6 is 0 Å². The van der Waals surface area contributed by atoms with Gasteiger partial charge in [0.2, 0.25) is 0 Å². The minimum Gasteiger partial charge on any atom is -0.480 e. The molecule has 1 aromatic heterocycles. The predicted molar refractivity (Wildman–Crippen MR) is 108 cm³/mol. The predicted octanol–water partition coefficient (Wildman–Crippen LogP) is 5.48. The largest absolute Gasteiger partial charge is 0.480 e. The number of nitrogens with zero attached hydrogens (tertiary/aromatic N) is 1. The number of carboxylic acid groups (broad SMARTS) is 1. The van der Waals surface area contributed by atoms with Gasteiger partial charge in [0.05, 0.1) is 5.60 Å². The molecule has 1 heterocycles. The number of ether oxygens (including phenoxy) is 1. The number of rotatable bonds is 5. The molecule has 0 spiro atoms. The van der Waals surface area contributed by atoms with Gasteiger partial charge < -0.3 is 14.4 Å². The molecule has 4 heteroatoms. The molecule has 0 atom stereocenters. The Morgan fingerprint density at radius 1 is 1.00 bits per heavy atom. The van der Waals surface area contributed by atoms with Gasteiger partial charge in [-0.2, -0.15) is 0 Å². The van der Waals surface area contributed by atoms with E-state index in [0.29, 0.717) is 0 Å². The highest BCUT2D eigenvalue weighted by atomic mass is 16.5. The third kappa shape index (κ3) is 5.33. The summed E-state index contributed by atoms with van der Waals surface area (Å²) in [6.07, 6.45) is 2.40. The highest BCUT2D eigenvalue weighted by Gasteiger charge is 2.11. The number of aliphatic carboxylic acids is 1. The third-order valence-corrected chi connectivity index (χ3v) is 4.01. The highest BCUT2D eigenvalue weighted by Crippen LogP contribution is 2.28. The SMILES string of the molecule is CCCCOC(C)(C)C.O=C(O)Cn1c2ccccc2c2ccccc21. The van der Waals surface area contributed by atoms with E-state index >= 15 is 0 Å². The van der Waals surface area contributed by atoms with Crippen LogP contribution in [0, 0.1) is 0 Å². The molecule has 0 saturated heterocycles. The number of para-hydroxylation sites is 2. The number of unbranched alkanes of at least 4 members (excludes halogenated alkanes) is 1. The third-order valence-electron chi connectivity index (χ3n) is 4.01. The van der Waals surface area contributed by atoms with Crippen molar-refractivity contribution in [1.82, 2.24) is 4.57 Å². The molecule has 1 N–H and O–H groups in total. The van der Waals surface area contributed by atoms with Gasteiger partial charge in [-0.25, -0.2) is 0 Å². The molecule has 0 amide bonds. The summed E-state index contributed by atoms with van der Waals surface area (Å²) in [5, 5.41) is 11.2. The Morgan fingerprint density at radius 2 is 1.50 bits per heavy atom. The van der Waals surface area contributed by atoms with Crippen molar-refractivity contribution in [2.75, 3.05) is 6.61 Å². The van der Waals surface area contributed by atoms with Crippen LogP contribution in [0.25, 0.3) is 21.8 Å². The zero-order valence-corrected chi connectivity index (χ0v) is 16.2. The van der Waals surface area contributed by atoms with Crippen LogP contribution in [-0.2, 0) is 16.1 Å². The standard InChI is InChI=1S/C14H11NO2.C8H18O/c16-14(17)9-15-12-7-3-1-5-10(12)11-6-2-4-8-13(11)15;1-5-6-7-9-8(2,3)4/h1-8H,9H2,(H,16,17);5-7H2,1-4H3. The van der Waals surface area contributed by atoms with E-state index in [1.807, 2.05) is 53.1 Å². The van der Waals surface area contributed by atoms with Gasteiger partial charge in [-0.05, 0) is 39.3 Å². The average Bonchev–Trinajstić information content (AvgIpc) is 2.89. The first kappa shape index (κ1) is 20.0. The van der Waals surface area contributed by atoms with E-state index < -0.39 is 5.97 Å². The van der Waals surface area contributed by atoms with Crippen LogP contribution in [0.1, 0.15) is 40.5 Å². The van der Waals surface area contributed by atoms with E-state index in [1.54, 1.807) is 0 Å². The maximum atomic E-state index is 10.9. The second kappa shape index (κ2) is 8.86. The lowest BCUT2D eigenvalue weighted by Crippen LogP contribution is -2.19. The van der Waals surface area contributed by atoms with Gasteiger partial charge >= 0.3 is 5.97 Å². The molecule has 3 rings (SSSR count).